The van der Waals surface area contributed by atoms with Crippen LogP contribution in [0.25, 0.3) is 50.5 Å². The van der Waals surface area contributed by atoms with Gasteiger partial charge in [-0.25, -0.2) is 9.67 Å². The van der Waals surface area contributed by atoms with E-state index in [0.29, 0.717) is 0 Å². The fourth-order valence-corrected chi connectivity index (χ4v) is 12.3. The zero-order valence-electron chi connectivity index (χ0n) is 24.7. The van der Waals surface area contributed by atoms with Crippen LogP contribution in [-0.4, -0.2) is 27.4 Å². The first-order valence-electron chi connectivity index (χ1n) is 15.5. The van der Waals surface area contributed by atoms with Crippen LogP contribution in [0.5, 0.6) is 11.5 Å². The summed E-state index contributed by atoms with van der Waals surface area (Å²) in [5.74, 6) is 2.40. The second kappa shape index (κ2) is 9.51. The van der Waals surface area contributed by atoms with Gasteiger partial charge in [-0.2, -0.15) is 5.10 Å². The molecule has 0 saturated heterocycles. The lowest BCUT2D eigenvalue weighted by Crippen LogP contribution is -2.62. The lowest BCUT2D eigenvalue weighted by molar-refractivity contribution is 0.483. The highest BCUT2D eigenvalue weighted by atomic mass is 28.3. The van der Waals surface area contributed by atoms with Gasteiger partial charge in [0.2, 0.25) is 0 Å². The molecule has 5 heterocycles. The van der Waals surface area contributed by atoms with Crippen molar-refractivity contribution in [3.63, 3.8) is 0 Å². The molecule has 5 aromatic carbocycles. The summed E-state index contributed by atoms with van der Waals surface area (Å²) in [7, 11) is -2.29. The van der Waals surface area contributed by atoms with E-state index in [2.05, 4.69) is 129 Å². The number of aromatic nitrogens is 4. The topological polar surface area (TPSA) is 44.9 Å². The second-order valence-corrected chi connectivity index (χ2v) is 15.5. The van der Waals surface area contributed by atoms with Crippen molar-refractivity contribution in [1.29, 1.82) is 0 Å². The van der Waals surface area contributed by atoms with Gasteiger partial charge in [0.25, 0.3) is 0 Å². The number of rotatable bonds is 4. The first-order chi connectivity index (χ1) is 22.8. The van der Waals surface area contributed by atoms with E-state index in [0.717, 1.165) is 45.1 Å². The maximum absolute atomic E-state index is 6.53. The van der Waals surface area contributed by atoms with Crippen LogP contribution >= 0.6 is 0 Å². The van der Waals surface area contributed by atoms with Gasteiger partial charge in [-0.15, -0.1) is 0 Å². The molecule has 0 bridgehead atoms. The number of para-hydroxylation sites is 1. The fraction of sp³-hybridized carbons (Fsp3) is 0. The van der Waals surface area contributed by atoms with E-state index in [-0.39, 0.29) is 0 Å². The highest BCUT2D eigenvalue weighted by Crippen LogP contribution is 2.36. The molecule has 2 aliphatic heterocycles. The molecule has 0 atom stereocenters. The quantitative estimate of drug-likeness (QED) is 0.200. The second-order valence-electron chi connectivity index (χ2n) is 11.9. The number of hydrogen-bond donors (Lipinski definition) is 0. The zero-order valence-corrected chi connectivity index (χ0v) is 25.7. The Morgan fingerprint density at radius 2 is 1.33 bits per heavy atom. The van der Waals surface area contributed by atoms with Gasteiger partial charge in [0, 0.05) is 29.1 Å². The summed E-state index contributed by atoms with van der Waals surface area (Å²) in [5, 5.41) is 11.5. The Morgan fingerprint density at radius 3 is 2.15 bits per heavy atom. The van der Waals surface area contributed by atoms with Gasteiger partial charge in [-0.3, -0.25) is 4.57 Å². The van der Waals surface area contributed by atoms with Gasteiger partial charge < -0.3 is 4.74 Å². The monoisotopic (exact) mass is 606 g/mol. The van der Waals surface area contributed by atoms with Gasteiger partial charge in [-0.1, -0.05) is 84.6 Å². The highest BCUT2D eigenvalue weighted by Gasteiger charge is 2.49. The van der Waals surface area contributed by atoms with Crippen LogP contribution in [0, 0.1) is 0 Å². The fourth-order valence-electron chi connectivity index (χ4n) is 7.62. The standard InChI is InChI=1S/C40H26N4OSi/c1-4-15-34-30(12-1)31-20-19-29(25-36(31)43(34)40-18-7-8-22-41-40)45-28-11-9-10-27(24-28)44-35-21-23-46(39(35)26-42-44)37-16-5-2-13-32(37)33-14-3-6-17-38(33)46/h1-26H. The predicted octanol–water partition coefficient (Wildman–Crippen LogP) is 7.17. The third kappa shape index (κ3) is 3.44. The largest absolute Gasteiger partial charge is 0.457 e. The molecule has 3 aromatic heterocycles. The number of pyridine rings is 1. The number of fused-ring (bicyclic) bond motifs is 10. The van der Waals surface area contributed by atoms with Gasteiger partial charge in [0.1, 0.15) is 17.3 Å². The Labute approximate surface area is 266 Å². The number of nitrogens with zero attached hydrogens (tertiary/aromatic N) is 4. The minimum atomic E-state index is -2.29. The van der Waals surface area contributed by atoms with Crippen molar-refractivity contribution in [1.82, 2.24) is 19.3 Å². The Morgan fingerprint density at radius 1 is 0.587 bits per heavy atom. The Bertz CT molecular complexity index is 2480. The van der Waals surface area contributed by atoms with Crippen molar-refractivity contribution in [3.05, 3.63) is 157 Å². The average Bonchev–Trinajstić information content (AvgIpc) is 3.86. The molecular formula is C40H26N4OSi. The zero-order chi connectivity index (χ0) is 30.2. The molecular weight excluding hydrogens is 581 g/mol. The summed E-state index contributed by atoms with van der Waals surface area (Å²) >= 11 is 0. The minimum Gasteiger partial charge on any atom is -0.457 e. The molecule has 0 radical (unpaired) electrons. The molecule has 46 heavy (non-hydrogen) atoms. The number of hydrogen-bond acceptors (Lipinski definition) is 3. The van der Waals surface area contributed by atoms with Crippen molar-refractivity contribution in [2.24, 2.45) is 0 Å². The maximum atomic E-state index is 6.53. The van der Waals surface area contributed by atoms with E-state index in [1.165, 1.54) is 32.1 Å². The highest BCUT2D eigenvalue weighted by molar-refractivity contribution is 7.18. The number of benzene rings is 5. The van der Waals surface area contributed by atoms with E-state index in [1.807, 2.05) is 42.6 Å². The molecule has 5 nitrogen and oxygen atoms in total. The normalized spacial score (nSPS) is 13.7. The van der Waals surface area contributed by atoms with Crippen LogP contribution in [0.1, 0.15) is 5.69 Å². The summed E-state index contributed by atoms with van der Waals surface area (Å²) < 4.78 is 10.8. The van der Waals surface area contributed by atoms with Crippen LogP contribution in [-0.2, 0) is 0 Å². The van der Waals surface area contributed by atoms with Gasteiger partial charge >= 0.3 is 0 Å². The van der Waals surface area contributed by atoms with Gasteiger partial charge in [-0.05, 0) is 75.2 Å². The first-order valence-corrected chi connectivity index (χ1v) is 17.6. The van der Waals surface area contributed by atoms with Crippen molar-refractivity contribution < 1.29 is 4.74 Å². The SMILES string of the molecule is C1=C[Si]2(c3ccccc3-c3ccccc32)c2cnn(-c3cccc(Oc4ccc5c6ccccc6n(-c6ccccn6)c5c4)c3)c21. The van der Waals surface area contributed by atoms with Crippen LogP contribution in [0.15, 0.2) is 152 Å². The van der Waals surface area contributed by atoms with E-state index >= 15 is 0 Å². The summed E-state index contributed by atoms with van der Waals surface area (Å²) in [6.45, 7) is 0. The van der Waals surface area contributed by atoms with Crippen LogP contribution in [0.2, 0.25) is 0 Å². The van der Waals surface area contributed by atoms with Crippen molar-refractivity contribution in [2.75, 3.05) is 0 Å². The van der Waals surface area contributed by atoms with Gasteiger partial charge in [0.15, 0.2) is 8.07 Å². The Balaban J connectivity index is 1.04. The third-order valence-corrected chi connectivity index (χ3v) is 14.0. The molecule has 0 aliphatic carbocycles. The molecule has 0 amide bonds. The van der Waals surface area contributed by atoms with E-state index in [1.54, 1.807) is 0 Å². The predicted molar refractivity (Wildman–Crippen MR) is 188 cm³/mol. The number of ether oxygens (including phenoxy) is 1. The Kier molecular flexibility index (Phi) is 5.24. The average molecular weight is 607 g/mol. The van der Waals surface area contributed by atoms with Crippen LogP contribution in [0.4, 0.5) is 0 Å². The van der Waals surface area contributed by atoms with E-state index in [4.69, 9.17) is 9.84 Å². The molecule has 0 N–H and O–H groups in total. The lowest BCUT2D eigenvalue weighted by Gasteiger charge is -2.22. The summed E-state index contributed by atoms with van der Waals surface area (Å²) in [6.07, 6.45) is 6.21. The molecule has 0 saturated carbocycles. The summed E-state index contributed by atoms with van der Waals surface area (Å²) in [4.78, 5) is 4.66. The molecule has 2 aliphatic rings. The van der Waals surface area contributed by atoms with E-state index in [9.17, 15) is 0 Å². The molecule has 8 aromatic rings. The van der Waals surface area contributed by atoms with Gasteiger partial charge in [0.05, 0.1) is 28.6 Å². The summed E-state index contributed by atoms with van der Waals surface area (Å²) in [6, 6.07) is 46.7. The molecule has 6 heteroatoms. The first kappa shape index (κ1) is 25.4. The lowest BCUT2D eigenvalue weighted by atomic mass is 10.1. The third-order valence-electron chi connectivity index (χ3n) is 9.54. The van der Waals surface area contributed by atoms with Crippen molar-refractivity contribution in [2.45, 2.75) is 0 Å². The Hall–Kier alpha value is -5.98. The van der Waals surface area contributed by atoms with Crippen molar-refractivity contribution in [3.8, 4) is 34.1 Å². The molecule has 0 fully saturated rings. The summed E-state index contributed by atoms with van der Waals surface area (Å²) in [5.41, 5.74) is 9.47. The molecule has 1 spiro atoms. The molecule has 10 rings (SSSR count). The molecule has 216 valence electrons. The minimum absolute atomic E-state index is 0.757. The van der Waals surface area contributed by atoms with Crippen LogP contribution < -0.4 is 20.3 Å². The van der Waals surface area contributed by atoms with E-state index < -0.39 is 8.07 Å². The maximum Gasteiger partial charge on any atom is 0.178 e. The van der Waals surface area contributed by atoms with Crippen LogP contribution in [0.3, 0.4) is 0 Å². The molecule has 0 unspecified atom stereocenters. The smallest absolute Gasteiger partial charge is 0.178 e. The van der Waals surface area contributed by atoms with Crippen molar-refractivity contribution >= 4 is 51.5 Å².